The molecule has 1 heterocycles. The molecule has 0 fully saturated rings. The van der Waals surface area contributed by atoms with E-state index in [1.54, 1.807) is 31.5 Å². The van der Waals surface area contributed by atoms with Crippen LogP contribution in [0.1, 0.15) is 24.1 Å². The van der Waals surface area contributed by atoms with E-state index in [0.29, 0.717) is 11.3 Å². The lowest BCUT2D eigenvalue weighted by molar-refractivity contribution is -0.136. The number of benzene rings is 1. The number of ether oxygens (including phenoxy) is 1. The van der Waals surface area contributed by atoms with Crippen molar-refractivity contribution in [3.63, 3.8) is 0 Å². The van der Waals surface area contributed by atoms with Crippen molar-refractivity contribution in [2.45, 2.75) is 24.3 Å². The van der Waals surface area contributed by atoms with Crippen LogP contribution in [0.25, 0.3) is 0 Å². The molecule has 128 valence electrons. The lowest BCUT2D eigenvalue weighted by Crippen LogP contribution is -2.28. The monoisotopic (exact) mass is 350 g/mol. The molecule has 0 aliphatic rings. The van der Waals surface area contributed by atoms with Gasteiger partial charge in [-0.25, -0.2) is 13.1 Å². The van der Waals surface area contributed by atoms with E-state index in [1.165, 1.54) is 25.3 Å². The van der Waals surface area contributed by atoms with Crippen molar-refractivity contribution in [1.82, 2.24) is 9.71 Å². The highest BCUT2D eigenvalue weighted by Crippen LogP contribution is 2.24. The molecular weight excluding hydrogens is 332 g/mol. The Hall–Kier alpha value is -2.45. The highest BCUT2D eigenvalue weighted by molar-refractivity contribution is 7.89. The maximum Gasteiger partial charge on any atom is 0.307 e. The first-order valence-electron chi connectivity index (χ1n) is 7.14. The third kappa shape index (κ3) is 4.30. The van der Waals surface area contributed by atoms with Gasteiger partial charge in [0.25, 0.3) is 0 Å². The summed E-state index contributed by atoms with van der Waals surface area (Å²) in [5, 5.41) is 9.02. The Balaban J connectivity index is 2.36. The second-order valence-corrected chi connectivity index (χ2v) is 6.86. The number of carbonyl (C=O) groups is 1. The fourth-order valence-electron chi connectivity index (χ4n) is 2.24. The van der Waals surface area contributed by atoms with Crippen molar-refractivity contribution in [1.29, 1.82) is 0 Å². The van der Waals surface area contributed by atoms with Crippen LogP contribution in [0.2, 0.25) is 0 Å². The highest BCUT2D eigenvalue weighted by atomic mass is 32.2. The predicted molar refractivity (Wildman–Crippen MR) is 87.3 cm³/mol. The number of carboxylic acid groups (broad SMARTS) is 1. The van der Waals surface area contributed by atoms with Crippen molar-refractivity contribution in [2.75, 3.05) is 7.11 Å². The first-order valence-corrected chi connectivity index (χ1v) is 8.63. The summed E-state index contributed by atoms with van der Waals surface area (Å²) in [6.45, 7) is 1.69. The van der Waals surface area contributed by atoms with Crippen molar-refractivity contribution in [2.24, 2.45) is 0 Å². The zero-order chi connectivity index (χ0) is 17.7. The molecule has 2 rings (SSSR count). The predicted octanol–water partition coefficient (Wildman–Crippen LogP) is 1.76. The maximum absolute atomic E-state index is 12.7. The summed E-state index contributed by atoms with van der Waals surface area (Å²) in [7, 11) is -2.48. The Kier molecular flexibility index (Phi) is 5.53. The molecule has 1 aromatic carbocycles. The summed E-state index contributed by atoms with van der Waals surface area (Å²) in [4.78, 5) is 14.9. The molecule has 7 nitrogen and oxygen atoms in total. The van der Waals surface area contributed by atoms with Crippen molar-refractivity contribution in [3.05, 3.63) is 53.9 Å². The third-order valence-corrected chi connectivity index (χ3v) is 5.06. The van der Waals surface area contributed by atoms with E-state index in [9.17, 15) is 13.2 Å². The highest BCUT2D eigenvalue weighted by Gasteiger charge is 2.23. The lowest BCUT2D eigenvalue weighted by Gasteiger charge is -2.16. The van der Waals surface area contributed by atoms with Gasteiger partial charge in [-0.3, -0.25) is 9.78 Å². The standard InChI is InChI=1S/C16H18N2O5S/c1-11(12-4-3-7-17-10-12)18-24(21,22)15-6-5-14(23-2)8-13(15)9-16(19)20/h3-8,10-11,18H,9H2,1-2H3,(H,19,20). The van der Waals surface area contributed by atoms with Crippen LogP contribution in [0.5, 0.6) is 5.75 Å². The average Bonchev–Trinajstić information content (AvgIpc) is 2.54. The minimum atomic E-state index is -3.91. The van der Waals surface area contributed by atoms with Crippen LogP contribution in [-0.4, -0.2) is 31.6 Å². The molecule has 0 saturated carbocycles. The Bertz CT molecular complexity index is 822. The molecule has 0 aliphatic carbocycles. The van der Waals surface area contributed by atoms with Crippen LogP contribution >= 0.6 is 0 Å². The van der Waals surface area contributed by atoms with Crippen LogP contribution in [0, 0.1) is 0 Å². The number of rotatable bonds is 7. The number of pyridine rings is 1. The molecule has 1 aromatic heterocycles. The Morgan fingerprint density at radius 1 is 1.38 bits per heavy atom. The molecule has 0 amide bonds. The molecular formula is C16H18N2O5S. The molecule has 0 spiro atoms. The van der Waals surface area contributed by atoms with E-state index in [-0.39, 0.29) is 10.5 Å². The largest absolute Gasteiger partial charge is 0.497 e. The number of sulfonamides is 1. The minimum Gasteiger partial charge on any atom is -0.497 e. The summed E-state index contributed by atoms with van der Waals surface area (Å²) in [5.74, 6) is -0.731. The molecule has 1 unspecified atom stereocenters. The van der Waals surface area contributed by atoms with E-state index in [0.717, 1.165) is 0 Å². The molecule has 0 aliphatic heterocycles. The quantitative estimate of drug-likeness (QED) is 0.788. The SMILES string of the molecule is COc1ccc(S(=O)(=O)NC(C)c2cccnc2)c(CC(=O)O)c1. The summed E-state index contributed by atoms with van der Waals surface area (Å²) >= 11 is 0. The molecule has 0 bridgehead atoms. The summed E-state index contributed by atoms with van der Waals surface area (Å²) in [6, 6.07) is 7.19. The van der Waals surface area contributed by atoms with Crippen LogP contribution in [-0.2, 0) is 21.2 Å². The normalized spacial score (nSPS) is 12.6. The first kappa shape index (κ1) is 17.9. The number of hydrogen-bond donors (Lipinski definition) is 2. The zero-order valence-corrected chi connectivity index (χ0v) is 14.1. The number of aliphatic carboxylic acids is 1. The molecule has 0 saturated heterocycles. The molecule has 8 heteroatoms. The Morgan fingerprint density at radius 2 is 2.12 bits per heavy atom. The fourth-order valence-corrected chi connectivity index (χ4v) is 3.69. The average molecular weight is 350 g/mol. The number of methoxy groups -OCH3 is 1. The van der Waals surface area contributed by atoms with Gasteiger partial charge in [0.15, 0.2) is 0 Å². The van der Waals surface area contributed by atoms with E-state index < -0.39 is 28.5 Å². The summed E-state index contributed by atoms with van der Waals surface area (Å²) in [5.41, 5.74) is 0.863. The van der Waals surface area contributed by atoms with E-state index in [4.69, 9.17) is 9.84 Å². The molecule has 0 radical (unpaired) electrons. The molecule has 2 N–H and O–H groups in total. The van der Waals surface area contributed by atoms with E-state index in [2.05, 4.69) is 9.71 Å². The van der Waals surface area contributed by atoms with Gasteiger partial charge in [-0.15, -0.1) is 0 Å². The number of nitrogens with zero attached hydrogens (tertiary/aromatic N) is 1. The number of hydrogen-bond acceptors (Lipinski definition) is 5. The maximum atomic E-state index is 12.7. The Labute approximate surface area is 140 Å². The van der Waals surface area contributed by atoms with Gasteiger partial charge in [-0.1, -0.05) is 6.07 Å². The van der Waals surface area contributed by atoms with Crippen molar-refractivity contribution < 1.29 is 23.1 Å². The van der Waals surface area contributed by atoms with Gasteiger partial charge in [0, 0.05) is 18.4 Å². The van der Waals surface area contributed by atoms with Gasteiger partial charge in [-0.2, -0.15) is 0 Å². The zero-order valence-electron chi connectivity index (χ0n) is 13.3. The summed E-state index contributed by atoms with van der Waals surface area (Å²) in [6.07, 6.45) is 2.74. The smallest absolute Gasteiger partial charge is 0.307 e. The van der Waals surface area contributed by atoms with E-state index >= 15 is 0 Å². The molecule has 1 atom stereocenters. The van der Waals surface area contributed by atoms with Gasteiger partial charge in [0.1, 0.15) is 5.75 Å². The van der Waals surface area contributed by atoms with Crippen molar-refractivity contribution >= 4 is 16.0 Å². The Morgan fingerprint density at radius 3 is 2.71 bits per heavy atom. The van der Waals surface area contributed by atoms with Gasteiger partial charge in [0.2, 0.25) is 10.0 Å². The van der Waals surface area contributed by atoms with Gasteiger partial charge in [0.05, 0.1) is 18.4 Å². The number of carboxylic acids is 1. The van der Waals surface area contributed by atoms with Crippen LogP contribution in [0.4, 0.5) is 0 Å². The minimum absolute atomic E-state index is 0.0820. The van der Waals surface area contributed by atoms with Crippen molar-refractivity contribution in [3.8, 4) is 5.75 Å². The van der Waals surface area contributed by atoms with Gasteiger partial charge in [-0.05, 0) is 42.3 Å². The van der Waals surface area contributed by atoms with Crippen LogP contribution in [0.15, 0.2) is 47.6 Å². The topological polar surface area (TPSA) is 106 Å². The van der Waals surface area contributed by atoms with Crippen LogP contribution < -0.4 is 9.46 Å². The second kappa shape index (κ2) is 7.41. The van der Waals surface area contributed by atoms with Crippen LogP contribution in [0.3, 0.4) is 0 Å². The third-order valence-electron chi connectivity index (χ3n) is 3.42. The van der Waals surface area contributed by atoms with Gasteiger partial charge < -0.3 is 9.84 Å². The molecule has 2 aromatic rings. The molecule has 24 heavy (non-hydrogen) atoms. The van der Waals surface area contributed by atoms with Gasteiger partial charge >= 0.3 is 5.97 Å². The van der Waals surface area contributed by atoms with E-state index in [1.807, 2.05) is 0 Å². The fraction of sp³-hybridized carbons (Fsp3) is 0.250. The second-order valence-electron chi connectivity index (χ2n) is 5.17. The first-order chi connectivity index (χ1) is 11.3. The number of aromatic nitrogens is 1. The summed E-state index contributed by atoms with van der Waals surface area (Å²) < 4.78 is 32.9. The lowest BCUT2D eigenvalue weighted by atomic mass is 10.1. The number of nitrogens with one attached hydrogen (secondary N) is 1.